The normalized spacial score (nSPS) is 20.5. The number of amides is 1. The highest BCUT2D eigenvalue weighted by atomic mass is 16.5. The number of carbonyl (C=O) groups is 1. The van der Waals surface area contributed by atoms with Crippen molar-refractivity contribution in [2.24, 2.45) is 0 Å². The summed E-state index contributed by atoms with van der Waals surface area (Å²) in [5.41, 5.74) is 0.832. The first-order chi connectivity index (χ1) is 7.25. The molecule has 5 heteroatoms. The number of nitrogens with one attached hydrogen (secondary N) is 2. The molecule has 0 aromatic carbocycles. The van der Waals surface area contributed by atoms with Crippen molar-refractivity contribution in [2.45, 2.75) is 32.4 Å². The summed E-state index contributed by atoms with van der Waals surface area (Å²) in [7, 11) is 0. The Morgan fingerprint density at radius 2 is 2.67 bits per heavy atom. The zero-order valence-corrected chi connectivity index (χ0v) is 8.75. The predicted octanol–water partition coefficient (Wildman–Crippen LogP) is 0.351. The van der Waals surface area contributed by atoms with Gasteiger partial charge < -0.3 is 15.2 Å². The molecular formula is C10H15N3O2. The zero-order valence-electron chi connectivity index (χ0n) is 8.75. The van der Waals surface area contributed by atoms with Crippen LogP contribution in [0.4, 0.5) is 0 Å². The van der Waals surface area contributed by atoms with Crippen molar-refractivity contribution in [3.63, 3.8) is 0 Å². The Labute approximate surface area is 88.2 Å². The lowest BCUT2D eigenvalue weighted by Gasteiger charge is -2.09. The minimum atomic E-state index is -0.0333. The van der Waals surface area contributed by atoms with Crippen LogP contribution in [-0.4, -0.2) is 23.7 Å². The van der Waals surface area contributed by atoms with Crippen molar-refractivity contribution in [3.8, 4) is 0 Å². The zero-order chi connectivity index (χ0) is 10.7. The molecule has 0 radical (unpaired) electrons. The smallest absolute Gasteiger partial charge is 0.237 e. The lowest BCUT2D eigenvalue weighted by molar-refractivity contribution is -0.123. The quantitative estimate of drug-likeness (QED) is 0.754. The van der Waals surface area contributed by atoms with Crippen molar-refractivity contribution in [3.05, 3.63) is 17.5 Å². The molecule has 2 N–H and O–H groups in total. The number of hydrogen-bond donors (Lipinski definition) is 2. The maximum atomic E-state index is 11.6. The summed E-state index contributed by atoms with van der Waals surface area (Å²) in [5, 5.41) is 9.71. The van der Waals surface area contributed by atoms with E-state index in [2.05, 4.69) is 15.8 Å². The number of rotatable bonds is 3. The molecule has 1 atom stereocenters. The fourth-order valence-electron chi connectivity index (χ4n) is 1.71. The van der Waals surface area contributed by atoms with E-state index in [9.17, 15) is 4.79 Å². The number of aryl methyl sites for hydroxylation is 1. The summed E-state index contributed by atoms with van der Waals surface area (Å²) >= 11 is 0. The van der Waals surface area contributed by atoms with Crippen LogP contribution in [0.2, 0.25) is 0 Å². The standard InChI is InChI=1S/C10H15N3O2/c1-7-5-8(15-13-7)6-12-10(14)9-3-2-4-11-9/h5,9,11H,2-4,6H2,1H3,(H,12,14). The van der Waals surface area contributed by atoms with E-state index in [-0.39, 0.29) is 11.9 Å². The second kappa shape index (κ2) is 4.44. The van der Waals surface area contributed by atoms with Crippen LogP contribution < -0.4 is 10.6 Å². The van der Waals surface area contributed by atoms with Crippen molar-refractivity contribution in [2.75, 3.05) is 6.54 Å². The van der Waals surface area contributed by atoms with E-state index in [1.807, 2.05) is 13.0 Å². The van der Waals surface area contributed by atoms with Gasteiger partial charge in [0.25, 0.3) is 0 Å². The molecule has 1 aliphatic heterocycles. The van der Waals surface area contributed by atoms with E-state index < -0.39 is 0 Å². The lowest BCUT2D eigenvalue weighted by Crippen LogP contribution is -2.39. The minimum absolute atomic E-state index is 0.0333. The minimum Gasteiger partial charge on any atom is -0.359 e. The molecule has 15 heavy (non-hydrogen) atoms. The fourth-order valence-corrected chi connectivity index (χ4v) is 1.71. The SMILES string of the molecule is Cc1cc(CNC(=O)C2CCCN2)on1. The van der Waals surface area contributed by atoms with Crippen LogP contribution in [0.1, 0.15) is 24.3 Å². The molecule has 0 aliphatic carbocycles. The lowest BCUT2D eigenvalue weighted by atomic mass is 10.2. The van der Waals surface area contributed by atoms with Crippen molar-refractivity contribution < 1.29 is 9.32 Å². The van der Waals surface area contributed by atoms with Gasteiger partial charge in [-0.25, -0.2) is 0 Å². The molecule has 1 amide bonds. The van der Waals surface area contributed by atoms with E-state index >= 15 is 0 Å². The van der Waals surface area contributed by atoms with Gasteiger partial charge in [-0.15, -0.1) is 0 Å². The maximum Gasteiger partial charge on any atom is 0.237 e. The van der Waals surface area contributed by atoms with Crippen molar-refractivity contribution in [1.29, 1.82) is 0 Å². The number of aromatic nitrogens is 1. The molecule has 1 saturated heterocycles. The van der Waals surface area contributed by atoms with Gasteiger partial charge in [-0.05, 0) is 26.3 Å². The second-order valence-corrected chi connectivity index (χ2v) is 3.80. The monoisotopic (exact) mass is 209 g/mol. The van der Waals surface area contributed by atoms with Crippen LogP contribution in [0.5, 0.6) is 0 Å². The Morgan fingerprint density at radius 1 is 1.80 bits per heavy atom. The van der Waals surface area contributed by atoms with Crippen LogP contribution >= 0.6 is 0 Å². The first kappa shape index (κ1) is 10.2. The Kier molecular flexibility index (Phi) is 3.01. The van der Waals surface area contributed by atoms with Crippen LogP contribution in [0.3, 0.4) is 0 Å². The largest absolute Gasteiger partial charge is 0.359 e. The molecular weight excluding hydrogens is 194 g/mol. The molecule has 1 aromatic heterocycles. The molecule has 82 valence electrons. The number of carbonyl (C=O) groups excluding carboxylic acids is 1. The summed E-state index contributed by atoms with van der Waals surface area (Å²) in [5.74, 6) is 0.736. The van der Waals surface area contributed by atoms with Gasteiger partial charge in [0.05, 0.1) is 18.3 Å². The highest BCUT2D eigenvalue weighted by molar-refractivity contribution is 5.81. The van der Waals surface area contributed by atoms with Gasteiger partial charge in [-0.3, -0.25) is 4.79 Å². The maximum absolute atomic E-state index is 11.6. The second-order valence-electron chi connectivity index (χ2n) is 3.80. The topological polar surface area (TPSA) is 67.2 Å². The van der Waals surface area contributed by atoms with E-state index in [1.165, 1.54) is 0 Å². The molecule has 0 saturated carbocycles. The van der Waals surface area contributed by atoms with Crippen LogP contribution in [-0.2, 0) is 11.3 Å². The van der Waals surface area contributed by atoms with Gasteiger partial charge in [-0.2, -0.15) is 0 Å². The van der Waals surface area contributed by atoms with E-state index in [0.29, 0.717) is 12.3 Å². The summed E-state index contributed by atoms with van der Waals surface area (Å²) in [4.78, 5) is 11.6. The summed E-state index contributed by atoms with van der Waals surface area (Å²) < 4.78 is 4.99. The molecule has 1 aliphatic rings. The average Bonchev–Trinajstić information content (AvgIpc) is 2.84. The van der Waals surface area contributed by atoms with E-state index in [1.54, 1.807) is 0 Å². The van der Waals surface area contributed by atoms with Crippen molar-refractivity contribution >= 4 is 5.91 Å². The molecule has 1 aromatic rings. The molecule has 0 bridgehead atoms. The molecule has 1 fully saturated rings. The molecule has 1 unspecified atom stereocenters. The van der Waals surface area contributed by atoms with Gasteiger partial charge in [0.2, 0.25) is 5.91 Å². The van der Waals surface area contributed by atoms with E-state index in [4.69, 9.17) is 4.52 Å². The van der Waals surface area contributed by atoms with Gasteiger partial charge >= 0.3 is 0 Å². The van der Waals surface area contributed by atoms with Crippen LogP contribution in [0, 0.1) is 6.92 Å². The Balaban J connectivity index is 1.80. The van der Waals surface area contributed by atoms with Crippen LogP contribution in [0.25, 0.3) is 0 Å². The molecule has 5 nitrogen and oxygen atoms in total. The van der Waals surface area contributed by atoms with Gasteiger partial charge in [0.15, 0.2) is 5.76 Å². The third kappa shape index (κ3) is 2.56. The summed E-state index contributed by atoms with van der Waals surface area (Å²) in [6.07, 6.45) is 1.99. The predicted molar refractivity (Wildman–Crippen MR) is 54.1 cm³/mol. The number of nitrogens with zero attached hydrogens (tertiary/aromatic N) is 1. The average molecular weight is 209 g/mol. The third-order valence-electron chi connectivity index (χ3n) is 2.49. The van der Waals surface area contributed by atoms with Crippen molar-refractivity contribution in [1.82, 2.24) is 15.8 Å². The molecule has 2 heterocycles. The third-order valence-corrected chi connectivity index (χ3v) is 2.49. The summed E-state index contributed by atoms with van der Waals surface area (Å²) in [6, 6.07) is 1.79. The first-order valence-corrected chi connectivity index (χ1v) is 5.19. The highest BCUT2D eigenvalue weighted by Gasteiger charge is 2.21. The Bertz CT molecular complexity index is 342. The fraction of sp³-hybridized carbons (Fsp3) is 0.600. The summed E-state index contributed by atoms with van der Waals surface area (Å²) in [6.45, 7) is 3.20. The van der Waals surface area contributed by atoms with Crippen LogP contribution in [0.15, 0.2) is 10.6 Å². The Morgan fingerprint density at radius 3 is 3.27 bits per heavy atom. The molecule has 0 spiro atoms. The van der Waals surface area contributed by atoms with Gasteiger partial charge in [0.1, 0.15) is 0 Å². The van der Waals surface area contributed by atoms with Gasteiger partial charge in [-0.1, -0.05) is 5.16 Å². The molecule has 2 rings (SSSR count). The van der Waals surface area contributed by atoms with E-state index in [0.717, 1.165) is 25.1 Å². The Hall–Kier alpha value is -1.36. The van der Waals surface area contributed by atoms with Gasteiger partial charge in [0, 0.05) is 6.07 Å². The first-order valence-electron chi connectivity index (χ1n) is 5.19. The highest BCUT2D eigenvalue weighted by Crippen LogP contribution is 2.06. The number of hydrogen-bond acceptors (Lipinski definition) is 4.